The molecule has 0 aromatic heterocycles. The van der Waals surface area contributed by atoms with Crippen molar-refractivity contribution >= 4 is 5.97 Å². The highest BCUT2D eigenvalue weighted by Gasteiger charge is 2.33. The lowest BCUT2D eigenvalue weighted by atomic mass is 9.70. The molecule has 3 heteroatoms. The molecule has 0 spiro atoms. The van der Waals surface area contributed by atoms with Crippen LogP contribution in [0.5, 0.6) is 0 Å². The van der Waals surface area contributed by atoms with Crippen LogP contribution in [0.15, 0.2) is 0 Å². The predicted octanol–water partition coefficient (Wildman–Crippen LogP) is 5.53. The van der Waals surface area contributed by atoms with Crippen LogP contribution >= 0.6 is 0 Å². The largest absolute Gasteiger partial charge is 0.342 e. The van der Waals surface area contributed by atoms with Gasteiger partial charge >= 0.3 is 5.97 Å². The van der Waals surface area contributed by atoms with Gasteiger partial charge in [-0.15, -0.1) is 0 Å². The second kappa shape index (κ2) is 8.17. The maximum absolute atomic E-state index is 11.6. The third kappa shape index (κ3) is 9.89. The average Bonchev–Trinajstić information content (AvgIpc) is 2.25. The number of carbonyl (C=O) groups excluding carboxylic acids is 1. The van der Waals surface area contributed by atoms with Gasteiger partial charge in [0.2, 0.25) is 0 Å². The van der Waals surface area contributed by atoms with Crippen molar-refractivity contribution < 1.29 is 14.6 Å². The van der Waals surface area contributed by atoms with Gasteiger partial charge in [-0.2, -0.15) is 4.89 Å². The van der Waals surface area contributed by atoms with E-state index in [1.165, 1.54) is 6.42 Å². The number of hydrogen-bond acceptors (Lipinski definition) is 3. The van der Waals surface area contributed by atoms with Crippen molar-refractivity contribution in [2.75, 3.05) is 6.61 Å². The summed E-state index contributed by atoms with van der Waals surface area (Å²) in [5.41, 5.74) is 0.439. The van der Waals surface area contributed by atoms with Crippen LogP contribution in [0.3, 0.4) is 0 Å². The molecule has 0 N–H and O–H groups in total. The molecule has 3 nitrogen and oxygen atoms in total. The summed E-state index contributed by atoms with van der Waals surface area (Å²) >= 11 is 0. The first-order valence-corrected chi connectivity index (χ1v) is 8.17. The molecule has 0 radical (unpaired) electrons. The van der Waals surface area contributed by atoms with Crippen LogP contribution in [0.2, 0.25) is 0 Å². The van der Waals surface area contributed by atoms with Gasteiger partial charge in [0, 0.05) is 6.42 Å². The Balaban J connectivity index is 3.74. The molecule has 0 saturated heterocycles. The summed E-state index contributed by atoms with van der Waals surface area (Å²) in [6.45, 7) is 17.9. The van der Waals surface area contributed by atoms with E-state index in [4.69, 9.17) is 9.78 Å². The first kappa shape index (κ1) is 20.4. The van der Waals surface area contributed by atoms with Crippen LogP contribution < -0.4 is 0 Å². The van der Waals surface area contributed by atoms with E-state index in [-0.39, 0.29) is 16.8 Å². The Morgan fingerprint density at radius 2 is 1.43 bits per heavy atom. The lowest BCUT2D eigenvalue weighted by Crippen LogP contribution is -2.34. The molecule has 0 aromatic carbocycles. The number of hydrogen-bond donors (Lipinski definition) is 0. The minimum Gasteiger partial charge on any atom is -0.298 e. The summed E-state index contributed by atoms with van der Waals surface area (Å²) in [5.74, 6) is -0.254. The van der Waals surface area contributed by atoms with Crippen LogP contribution in [0.4, 0.5) is 0 Å². The average molecular weight is 300 g/mol. The summed E-state index contributed by atoms with van der Waals surface area (Å²) in [6.07, 6.45) is 4.74. The molecule has 126 valence electrons. The molecule has 0 amide bonds. The van der Waals surface area contributed by atoms with Gasteiger partial charge in [0.15, 0.2) is 0 Å². The normalized spacial score (nSPS) is 13.3. The molecule has 0 aliphatic rings. The van der Waals surface area contributed by atoms with Crippen LogP contribution in [-0.4, -0.2) is 12.6 Å². The molecule has 0 fully saturated rings. The minimum absolute atomic E-state index is 0.0417. The first-order valence-electron chi connectivity index (χ1n) is 8.17. The summed E-state index contributed by atoms with van der Waals surface area (Å²) in [6, 6.07) is 0. The molecule has 0 bridgehead atoms. The van der Waals surface area contributed by atoms with Gasteiger partial charge in [-0.1, -0.05) is 68.2 Å². The zero-order valence-corrected chi connectivity index (χ0v) is 15.5. The molecule has 0 heterocycles. The fraction of sp³-hybridized carbons (Fsp3) is 0.944. The maximum Gasteiger partial charge on any atom is 0.342 e. The standard InChI is InChI=1S/C18H36O3/c1-16(2,3)13-11-9-10-12-15(19)21-20-14-18(7,8)17(4,5)6/h9-14H2,1-8H3. The van der Waals surface area contributed by atoms with E-state index in [0.717, 1.165) is 19.3 Å². The summed E-state index contributed by atoms with van der Waals surface area (Å²) in [7, 11) is 0. The monoisotopic (exact) mass is 300 g/mol. The van der Waals surface area contributed by atoms with Crippen molar-refractivity contribution in [1.82, 2.24) is 0 Å². The quantitative estimate of drug-likeness (QED) is 0.336. The van der Waals surface area contributed by atoms with Crippen molar-refractivity contribution in [2.24, 2.45) is 16.2 Å². The van der Waals surface area contributed by atoms with E-state index >= 15 is 0 Å². The molecule has 0 aromatic rings. The SMILES string of the molecule is CC(C)(C)CCCCCC(=O)OOCC(C)(C)C(C)(C)C. The Hall–Kier alpha value is -0.570. The highest BCUT2D eigenvalue weighted by atomic mass is 17.2. The van der Waals surface area contributed by atoms with Gasteiger partial charge in [0.1, 0.15) is 0 Å². The molecular weight excluding hydrogens is 264 g/mol. The fourth-order valence-corrected chi connectivity index (χ4v) is 1.60. The molecule has 0 unspecified atom stereocenters. The van der Waals surface area contributed by atoms with E-state index in [1.807, 2.05) is 0 Å². The third-order valence-electron chi connectivity index (χ3n) is 4.41. The summed E-state index contributed by atoms with van der Waals surface area (Å²) in [5, 5.41) is 0. The Bertz CT molecular complexity index is 305. The van der Waals surface area contributed by atoms with Gasteiger partial charge in [-0.3, -0.25) is 4.89 Å². The predicted molar refractivity (Wildman–Crippen MR) is 87.8 cm³/mol. The minimum atomic E-state index is -0.254. The molecule has 0 aliphatic carbocycles. The molecule has 21 heavy (non-hydrogen) atoms. The van der Waals surface area contributed by atoms with E-state index in [9.17, 15) is 4.79 Å². The second-order valence-corrected chi connectivity index (χ2v) is 8.97. The molecule has 0 saturated carbocycles. The Labute approximate surface area is 131 Å². The van der Waals surface area contributed by atoms with Crippen molar-refractivity contribution in [2.45, 2.75) is 87.5 Å². The van der Waals surface area contributed by atoms with Crippen LogP contribution in [0, 0.1) is 16.2 Å². The van der Waals surface area contributed by atoms with Crippen LogP contribution in [0.25, 0.3) is 0 Å². The highest BCUT2D eigenvalue weighted by molar-refractivity contribution is 5.68. The fourth-order valence-electron chi connectivity index (χ4n) is 1.60. The Morgan fingerprint density at radius 3 is 1.90 bits per heavy atom. The van der Waals surface area contributed by atoms with Gasteiger partial charge in [0.05, 0.1) is 6.61 Å². The van der Waals surface area contributed by atoms with Crippen LogP contribution in [0.1, 0.15) is 87.5 Å². The Kier molecular flexibility index (Phi) is 7.94. The van der Waals surface area contributed by atoms with Gasteiger partial charge in [-0.25, -0.2) is 4.79 Å². The maximum atomic E-state index is 11.6. The first-order chi connectivity index (χ1) is 9.35. The third-order valence-corrected chi connectivity index (χ3v) is 4.41. The van der Waals surface area contributed by atoms with Gasteiger partial charge in [-0.05, 0) is 29.1 Å². The van der Waals surface area contributed by atoms with Crippen molar-refractivity contribution in [3.05, 3.63) is 0 Å². The molecular formula is C18H36O3. The highest BCUT2D eigenvalue weighted by Crippen LogP contribution is 2.37. The topological polar surface area (TPSA) is 35.5 Å². The van der Waals surface area contributed by atoms with E-state index in [1.54, 1.807) is 0 Å². The van der Waals surface area contributed by atoms with Crippen molar-refractivity contribution in [1.29, 1.82) is 0 Å². The van der Waals surface area contributed by atoms with E-state index in [2.05, 4.69) is 55.4 Å². The van der Waals surface area contributed by atoms with E-state index in [0.29, 0.717) is 18.4 Å². The smallest absolute Gasteiger partial charge is 0.298 e. The Morgan fingerprint density at radius 1 is 0.857 bits per heavy atom. The number of carbonyl (C=O) groups is 1. The van der Waals surface area contributed by atoms with Gasteiger partial charge in [0.25, 0.3) is 0 Å². The molecule has 0 rings (SSSR count). The summed E-state index contributed by atoms with van der Waals surface area (Å²) < 4.78 is 0. The zero-order valence-electron chi connectivity index (χ0n) is 15.5. The molecule has 0 aliphatic heterocycles. The van der Waals surface area contributed by atoms with Crippen molar-refractivity contribution in [3.8, 4) is 0 Å². The number of rotatable bonds is 8. The zero-order chi connectivity index (χ0) is 16.7. The number of unbranched alkanes of at least 4 members (excludes halogenated alkanes) is 2. The molecule has 0 atom stereocenters. The lowest BCUT2D eigenvalue weighted by Gasteiger charge is -2.37. The van der Waals surface area contributed by atoms with Crippen molar-refractivity contribution in [3.63, 3.8) is 0 Å². The van der Waals surface area contributed by atoms with Gasteiger partial charge < -0.3 is 0 Å². The summed E-state index contributed by atoms with van der Waals surface area (Å²) in [4.78, 5) is 21.6. The second-order valence-electron chi connectivity index (χ2n) is 8.97. The lowest BCUT2D eigenvalue weighted by molar-refractivity contribution is -0.289. The van der Waals surface area contributed by atoms with E-state index < -0.39 is 0 Å². The van der Waals surface area contributed by atoms with Crippen LogP contribution in [-0.2, 0) is 14.6 Å².